The van der Waals surface area contributed by atoms with Crippen molar-refractivity contribution in [3.05, 3.63) is 24.0 Å². The predicted octanol–water partition coefficient (Wildman–Crippen LogP) is -0.916. The smallest absolute Gasteiger partial charge is 0.386 e. The number of aromatic nitrogens is 7. The molecule has 9 unspecified atom stereocenters. The number of carbonyl (C=O) groups is 2. The van der Waals surface area contributed by atoms with Gasteiger partial charge in [-0.1, -0.05) is 19.1 Å². The highest BCUT2D eigenvalue weighted by Crippen LogP contribution is 2.61. The third-order valence-corrected chi connectivity index (χ3v) is 14.0. The van der Waals surface area contributed by atoms with Crippen molar-refractivity contribution in [2.45, 2.75) is 83.1 Å². The number of phosphoric acid groups is 3. The molecule has 346 valence electrons. The summed E-state index contributed by atoms with van der Waals surface area (Å²) in [5, 5.41) is 35.4. The van der Waals surface area contributed by atoms with Crippen LogP contribution in [0.2, 0.25) is 0 Å². The third kappa shape index (κ3) is 11.9. The fourth-order valence-electron chi connectivity index (χ4n) is 7.68. The molecule has 2 aliphatic carbocycles. The third-order valence-electron chi connectivity index (χ3n) is 10.9. The quantitative estimate of drug-likeness (QED) is 0.0583. The van der Waals surface area contributed by atoms with Gasteiger partial charge in [0.15, 0.2) is 17.7 Å². The van der Waals surface area contributed by atoms with Gasteiger partial charge in [-0.2, -0.15) is 4.31 Å². The van der Waals surface area contributed by atoms with E-state index >= 15 is 0 Å². The number of aliphatic hydroxyl groups excluding tert-OH is 2. The van der Waals surface area contributed by atoms with Crippen LogP contribution in [-0.4, -0.2) is 141 Å². The average Bonchev–Trinajstić information content (AvgIpc) is 3.45. The molecule has 0 spiro atoms. The fourth-order valence-corrected chi connectivity index (χ4v) is 10.5. The topological polar surface area (TPSA) is 386 Å². The average molecular weight is 941 g/mol. The Labute approximate surface area is 353 Å². The van der Waals surface area contributed by atoms with E-state index in [0.29, 0.717) is 24.3 Å². The van der Waals surface area contributed by atoms with Crippen LogP contribution in [0.5, 0.6) is 0 Å². The van der Waals surface area contributed by atoms with Gasteiger partial charge in [-0.3, -0.25) is 27.7 Å². The molecule has 0 aromatic carbocycles. The first-order chi connectivity index (χ1) is 29.1. The zero-order valence-electron chi connectivity index (χ0n) is 33.8. The number of nitrogens with one attached hydrogen (secondary N) is 2. The summed E-state index contributed by atoms with van der Waals surface area (Å²) in [5.41, 5.74) is 6.34. The van der Waals surface area contributed by atoms with Crippen LogP contribution < -0.4 is 16.4 Å². The number of rotatable bonds is 21. The number of nitrogens with zero attached hydrogens (tertiary/aromatic N) is 7. The van der Waals surface area contributed by atoms with E-state index in [1.54, 1.807) is 7.11 Å². The van der Waals surface area contributed by atoms with Crippen LogP contribution in [-0.2, 0) is 70.0 Å². The van der Waals surface area contributed by atoms with Crippen molar-refractivity contribution >= 4 is 52.3 Å². The van der Waals surface area contributed by atoms with Crippen molar-refractivity contribution < 1.29 is 80.4 Å². The van der Waals surface area contributed by atoms with Gasteiger partial charge in [-0.25, -0.2) is 33.3 Å². The summed E-state index contributed by atoms with van der Waals surface area (Å²) in [4.78, 5) is 76.5. The first-order valence-electron chi connectivity index (χ1n) is 19.4. The lowest BCUT2D eigenvalue weighted by Gasteiger charge is -2.30. The highest BCUT2D eigenvalue weighted by atomic mass is 31.3. The summed E-state index contributed by atoms with van der Waals surface area (Å²) in [6.45, 7) is 1.82. The molecule has 10 N–H and O–H groups in total. The van der Waals surface area contributed by atoms with Crippen molar-refractivity contribution in [2.24, 2.45) is 23.2 Å². The second-order valence-corrected chi connectivity index (χ2v) is 20.0. The monoisotopic (exact) mass is 940 g/mol. The molecule has 2 fully saturated rings. The molecule has 30 heteroatoms. The number of aliphatic hydroxyl groups is 2. The van der Waals surface area contributed by atoms with Gasteiger partial charge in [-0.05, 0) is 43.4 Å². The van der Waals surface area contributed by atoms with Gasteiger partial charge in [0.25, 0.3) is 0 Å². The molecule has 2 amide bonds. The Morgan fingerprint density at radius 1 is 1.02 bits per heavy atom. The maximum absolute atomic E-state index is 12.8. The zero-order valence-corrected chi connectivity index (χ0v) is 36.5. The number of carbonyl (C=O) groups excluding carboxylic acids is 2. The van der Waals surface area contributed by atoms with Crippen LogP contribution in [0, 0.1) is 23.2 Å². The molecule has 27 nitrogen and oxygen atoms in total. The number of methoxy groups -OCH3 is 1. The number of anilines is 1. The fraction of sp³-hybridized carbons (Fsp3) is 0.719. The maximum Gasteiger partial charge on any atom is 0.481 e. The largest absolute Gasteiger partial charge is 0.481 e. The first-order valence-corrected chi connectivity index (χ1v) is 23.9. The Balaban J connectivity index is 0.924. The van der Waals surface area contributed by atoms with Crippen LogP contribution in [0.1, 0.15) is 50.7 Å². The molecular formula is C32H51N10O17P3. The van der Waals surface area contributed by atoms with Gasteiger partial charge < -0.3 is 55.6 Å². The van der Waals surface area contributed by atoms with Gasteiger partial charge in [0, 0.05) is 38.6 Å². The van der Waals surface area contributed by atoms with Crippen LogP contribution in [0.15, 0.2) is 12.7 Å². The summed E-state index contributed by atoms with van der Waals surface area (Å²) in [6, 6.07) is 0. The van der Waals surface area contributed by atoms with E-state index in [1.807, 2.05) is 4.68 Å². The highest BCUT2D eigenvalue weighted by molar-refractivity contribution is 7.61. The lowest BCUT2D eigenvalue weighted by atomic mass is 9.87. The van der Waals surface area contributed by atoms with Gasteiger partial charge >= 0.3 is 23.5 Å². The van der Waals surface area contributed by atoms with E-state index in [1.165, 1.54) is 13.8 Å². The highest BCUT2D eigenvalue weighted by Gasteiger charge is 2.51. The minimum absolute atomic E-state index is 0.0354. The van der Waals surface area contributed by atoms with Crippen molar-refractivity contribution in [2.75, 3.05) is 45.8 Å². The van der Waals surface area contributed by atoms with Gasteiger partial charge in [0.1, 0.15) is 36.3 Å². The second-order valence-electron chi connectivity index (χ2n) is 15.8. The van der Waals surface area contributed by atoms with E-state index in [-0.39, 0.29) is 42.4 Å². The number of aryl methyl sites for hydroxylation is 1. The van der Waals surface area contributed by atoms with E-state index in [2.05, 4.69) is 44.7 Å². The SMILES string of the molecule is COC[C@H]1C2CCc3nnn(CCNC(=O)CCNC(=O)C(O)C(C)(C)COP(=O)(O)OP(=O)(O)OCC4OC(n5cnc6c(N)ncnc65)C(O)C4OP(=O)(O)O)c3CCC21. The van der Waals surface area contributed by atoms with E-state index in [0.717, 1.165) is 60.9 Å². The van der Waals surface area contributed by atoms with Crippen molar-refractivity contribution in [3.8, 4) is 0 Å². The minimum atomic E-state index is -5.57. The number of hydrogen-bond acceptors (Lipinski definition) is 19. The number of amides is 2. The Kier molecular flexibility index (Phi) is 15.0. The zero-order chi connectivity index (χ0) is 45.2. The van der Waals surface area contributed by atoms with Gasteiger partial charge in [-0.15, -0.1) is 5.10 Å². The molecule has 6 rings (SSSR count). The van der Waals surface area contributed by atoms with E-state index in [9.17, 15) is 53.1 Å². The Bertz CT molecular complexity index is 2220. The van der Waals surface area contributed by atoms with Gasteiger partial charge in [0.2, 0.25) is 11.8 Å². The lowest BCUT2D eigenvalue weighted by Crippen LogP contribution is -2.46. The molecule has 1 saturated heterocycles. The number of phosphoric ester groups is 3. The summed E-state index contributed by atoms with van der Waals surface area (Å²) in [6.07, 6.45) is -3.07. The Morgan fingerprint density at radius 3 is 2.44 bits per heavy atom. The molecule has 10 atom stereocenters. The molecular weight excluding hydrogens is 889 g/mol. The van der Waals surface area contributed by atoms with Gasteiger partial charge in [0.05, 0.1) is 37.5 Å². The molecule has 4 heterocycles. The van der Waals surface area contributed by atoms with E-state index in [4.69, 9.17) is 24.3 Å². The molecule has 1 saturated carbocycles. The number of nitrogen functional groups attached to an aromatic ring is 1. The summed E-state index contributed by atoms with van der Waals surface area (Å²) in [7, 11) is -14.7. The number of hydrogen-bond donors (Lipinski definition) is 9. The number of nitrogens with two attached hydrogens (primary N) is 1. The maximum atomic E-state index is 12.8. The number of ether oxygens (including phenoxy) is 2. The normalized spacial score (nSPS) is 26.4. The second kappa shape index (κ2) is 19.4. The summed E-state index contributed by atoms with van der Waals surface area (Å²) >= 11 is 0. The summed E-state index contributed by atoms with van der Waals surface area (Å²) in [5.74, 6) is 0.525. The lowest BCUT2D eigenvalue weighted by molar-refractivity contribution is -0.137. The molecule has 0 bridgehead atoms. The van der Waals surface area contributed by atoms with Crippen LogP contribution in [0.4, 0.5) is 5.82 Å². The van der Waals surface area contributed by atoms with Crippen LogP contribution >= 0.6 is 23.5 Å². The molecule has 3 aliphatic rings. The molecule has 0 radical (unpaired) electrons. The standard InChI is InChI=1S/C32H51N10O17P3/c1-32(2,27(45)30(46)35-9-8-23(43)34-10-11-42-21-7-5-18-17(19(18)12-54-3)4-6-20(21)39-40-42)14-56-62(52,53)59-61(50,51)55-13-22-26(58-60(47,48)49)25(44)31(57-22)41-16-38-24-28(33)36-15-37-29(24)41/h15-19,22,25-27,31,44-45H,4-14H2,1-3H3,(H,34,43)(H,35,46)(H,50,51)(H,52,53)(H2,33,36,37)(H2,47,48,49)/t17?,18?,19-,22?,25?,26?,27?,31?/m0/s1. The molecule has 3 aromatic rings. The Hall–Kier alpha value is -3.36. The number of fused-ring (bicyclic) bond motifs is 3. The first kappa shape index (κ1) is 48.1. The van der Waals surface area contributed by atoms with Crippen LogP contribution in [0.25, 0.3) is 11.2 Å². The van der Waals surface area contributed by atoms with Crippen molar-refractivity contribution in [1.82, 2.24) is 45.1 Å². The number of imidazole rings is 1. The minimum Gasteiger partial charge on any atom is -0.386 e. The van der Waals surface area contributed by atoms with Crippen LogP contribution in [0.3, 0.4) is 0 Å². The Morgan fingerprint density at radius 2 is 1.73 bits per heavy atom. The van der Waals surface area contributed by atoms with Crippen molar-refractivity contribution in [1.29, 1.82) is 0 Å². The molecule has 3 aromatic heterocycles. The van der Waals surface area contributed by atoms with Crippen molar-refractivity contribution in [3.63, 3.8) is 0 Å². The molecule has 62 heavy (non-hydrogen) atoms. The van der Waals surface area contributed by atoms with E-state index < -0.39 is 78.6 Å². The predicted molar refractivity (Wildman–Crippen MR) is 209 cm³/mol. The molecule has 1 aliphatic heterocycles. The summed E-state index contributed by atoms with van der Waals surface area (Å²) < 4.78 is 69.7.